The first-order valence-electron chi connectivity index (χ1n) is 6.24. The van der Waals surface area contributed by atoms with Crippen LogP contribution in [-0.4, -0.2) is 4.98 Å². The molecule has 0 fully saturated rings. The number of nitrogens with two attached hydrogens (primary N) is 1. The van der Waals surface area contributed by atoms with E-state index in [-0.39, 0.29) is 11.9 Å². The van der Waals surface area contributed by atoms with Crippen LogP contribution in [0.3, 0.4) is 0 Å². The summed E-state index contributed by atoms with van der Waals surface area (Å²) in [7, 11) is 0. The fraction of sp³-hybridized carbons (Fsp3) is 0.267. The molecule has 0 aliphatic rings. The van der Waals surface area contributed by atoms with Crippen LogP contribution in [0.15, 0.2) is 36.4 Å². The van der Waals surface area contributed by atoms with Crippen LogP contribution in [0.25, 0.3) is 0 Å². The van der Waals surface area contributed by atoms with E-state index in [1.165, 1.54) is 12.1 Å². The summed E-state index contributed by atoms with van der Waals surface area (Å²) >= 11 is 0. The molecule has 3 nitrogen and oxygen atoms in total. The van der Waals surface area contributed by atoms with Crippen LogP contribution < -0.4 is 11.3 Å². The molecule has 100 valence electrons. The Morgan fingerprint density at radius 3 is 2.47 bits per heavy atom. The lowest BCUT2D eigenvalue weighted by Gasteiger charge is -2.17. The minimum atomic E-state index is -0.227. The monoisotopic (exact) mass is 259 g/mol. The van der Waals surface area contributed by atoms with Crippen molar-refractivity contribution in [1.82, 2.24) is 10.4 Å². The molecular weight excluding hydrogens is 241 g/mol. The number of aryl methyl sites for hydroxylation is 2. The van der Waals surface area contributed by atoms with Gasteiger partial charge in [-0.15, -0.1) is 0 Å². The summed E-state index contributed by atoms with van der Waals surface area (Å²) in [5, 5.41) is 0. The number of nitrogens with zero attached hydrogens (tertiary/aromatic N) is 1. The predicted molar refractivity (Wildman–Crippen MR) is 73.9 cm³/mol. The molecule has 2 aromatic rings. The predicted octanol–water partition coefficient (Wildman–Crippen LogP) is 2.58. The minimum Gasteiger partial charge on any atom is -0.271 e. The van der Waals surface area contributed by atoms with Gasteiger partial charge in [0.15, 0.2) is 0 Å². The molecule has 0 bridgehead atoms. The highest BCUT2D eigenvalue weighted by molar-refractivity contribution is 5.26. The highest BCUT2D eigenvalue weighted by atomic mass is 19.1. The van der Waals surface area contributed by atoms with E-state index in [1.807, 2.05) is 32.0 Å². The van der Waals surface area contributed by atoms with Crippen LogP contribution >= 0.6 is 0 Å². The maximum absolute atomic E-state index is 13.2. The molecule has 1 heterocycles. The highest BCUT2D eigenvalue weighted by Gasteiger charge is 2.12. The lowest BCUT2D eigenvalue weighted by atomic mass is 9.99. The van der Waals surface area contributed by atoms with Crippen molar-refractivity contribution in [1.29, 1.82) is 0 Å². The topological polar surface area (TPSA) is 50.9 Å². The molecule has 0 aliphatic heterocycles. The van der Waals surface area contributed by atoms with Crippen molar-refractivity contribution in [2.75, 3.05) is 0 Å². The third kappa shape index (κ3) is 3.59. The zero-order valence-electron chi connectivity index (χ0n) is 11.2. The number of rotatable bonds is 4. The number of benzene rings is 1. The zero-order valence-corrected chi connectivity index (χ0v) is 11.2. The second-order valence-corrected chi connectivity index (χ2v) is 4.74. The maximum atomic E-state index is 13.2. The SMILES string of the molecule is Cc1cc(C(Cc2cccc(F)c2)NN)cc(C)n1. The van der Waals surface area contributed by atoms with Gasteiger partial charge in [-0.05, 0) is 55.7 Å². The Morgan fingerprint density at radius 1 is 1.21 bits per heavy atom. The maximum Gasteiger partial charge on any atom is 0.123 e. The lowest BCUT2D eigenvalue weighted by Crippen LogP contribution is -2.29. The molecule has 0 saturated carbocycles. The third-order valence-corrected chi connectivity index (χ3v) is 3.04. The van der Waals surface area contributed by atoms with Crippen LogP contribution in [0.2, 0.25) is 0 Å². The van der Waals surface area contributed by atoms with Crippen molar-refractivity contribution in [2.45, 2.75) is 26.3 Å². The van der Waals surface area contributed by atoms with E-state index >= 15 is 0 Å². The number of hydrogen-bond acceptors (Lipinski definition) is 3. The van der Waals surface area contributed by atoms with Crippen molar-refractivity contribution in [3.05, 3.63) is 64.7 Å². The lowest BCUT2D eigenvalue weighted by molar-refractivity contribution is 0.547. The van der Waals surface area contributed by atoms with Crippen molar-refractivity contribution in [3.8, 4) is 0 Å². The van der Waals surface area contributed by atoms with E-state index in [4.69, 9.17) is 5.84 Å². The van der Waals surface area contributed by atoms with E-state index in [0.717, 1.165) is 22.5 Å². The van der Waals surface area contributed by atoms with Crippen molar-refractivity contribution >= 4 is 0 Å². The first kappa shape index (κ1) is 13.6. The van der Waals surface area contributed by atoms with Crippen LogP contribution in [0.1, 0.15) is 28.6 Å². The second kappa shape index (κ2) is 5.91. The Kier molecular flexibility index (Phi) is 4.24. The Balaban J connectivity index is 2.24. The van der Waals surface area contributed by atoms with Crippen molar-refractivity contribution < 1.29 is 4.39 Å². The van der Waals surface area contributed by atoms with E-state index in [0.29, 0.717) is 6.42 Å². The van der Waals surface area contributed by atoms with Gasteiger partial charge in [0, 0.05) is 11.4 Å². The Bertz CT molecular complexity index is 549. The molecule has 19 heavy (non-hydrogen) atoms. The summed E-state index contributed by atoms with van der Waals surface area (Å²) in [6, 6.07) is 10.5. The van der Waals surface area contributed by atoms with Gasteiger partial charge in [-0.3, -0.25) is 16.3 Å². The van der Waals surface area contributed by atoms with Gasteiger partial charge in [-0.1, -0.05) is 12.1 Å². The smallest absolute Gasteiger partial charge is 0.123 e. The molecule has 4 heteroatoms. The highest BCUT2D eigenvalue weighted by Crippen LogP contribution is 2.19. The first-order chi connectivity index (χ1) is 9.08. The molecule has 0 saturated heterocycles. The third-order valence-electron chi connectivity index (χ3n) is 3.04. The van der Waals surface area contributed by atoms with E-state index in [9.17, 15) is 4.39 Å². The molecule has 1 atom stereocenters. The number of halogens is 1. The Labute approximate surface area is 112 Å². The fourth-order valence-electron chi connectivity index (χ4n) is 2.24. The van der Waals surface area contributed by atoms with Crippen molar-refractivity contribution in [3.63, 3.8) is 0 Å². The number of pyridine rings is 1. The van der Waals surface area contributed by atoms with Gasteiger partial charge >= 0.3 is 0 Å². The summed E-state index contributed by atoms with van der Waals surface area (Å²) in [4.78, 5) is 4.34. The van der Waals surface area contributed by atoms with Gasteiger partial charge in [0.2, 0.25) is 0 Å². The van der Waals surface area contributed by atoms with Gasteiger partial charge < -0.3 is 0 Å². The Morgan fingerprint density at radius 2 is 1.89 bits per heavy atom. The molecule has 1 unspecified atom stereocenters. The van der Waals surface area contributed by atoms with Gasteiger partial charge in [0.05, 0.1) is 6.04 Å². The Hall–Kier alpha value is -1.78. The van der Waals surface area contributed by atoms with Crippen molar-refractivity contribution in [2.24, 2.45) is 5.84 Å². The zero-order chi connectivity index (χ0) is 13.8. The van der Waals surface area contributed by atoms with Crippen LogP contribution in [0, 0.1) is 19.7 Å². The summed E-state index contributed by atoms with van der Waals surface area (Å²) in [6.07, 6.45) is 0.636. The normalized spacial score (nSPS) is 12.4. The van der Waals surface area contributed by atoms with Gasteiger partial charge in [0.1, 0.15) is 5.82 Å². The summed E-state index contributed by atoms with van der Waals surface area (Å²) in [6.45, 7) is 3.90. The first-order valence-corrected chi connectivity index (χ1v) is 6.24. The number of nitrogens with one attached hydrogen (secondary N) is 1. The van der Waals surface area contributed by atoms with Crippen LogP contribution in [0.5, 0.6) is 0 Å². The van der Waals surface area contributed by atoms with E-state index in [2.05, 4.69) is 10.4 Å². The number of hydrogen-bond donors (Lipinski definition) is 2. The second-order valence-electron chi connectivity index (χ2n) is 4.74. The van der Waals surface area contributed by atoms with Crippen LogP contribution in [0.4, 0.5) is 4.39 Å². The molecule has 0 spiro atoms. The summed E-state index contributed by atoms with van der Waals surface area (Å²) in [5.41, 5.74) is 6.68. The summed E-state index contributed by atoms with van der Waals surface area (Å²) < 4.78 is 13.2. The molecule has 2 rings (SSSR count). The molecule has 3 N–H and O–H groups in total. The number of aromatic nitrogens is 1. The largest absolute Gasteiger partial charge is 0.271 e. The summed E-state index contributed by atoms with van der Waals surface area (Å²) in [5.74, 6) is 5.40. The quantitative estimate of drug-likeness (QED) is 0.655. The minimum absolute atomic E-state index is 0.0535. The standard InChI is InChI=1S/C15H18FN3/c1-10-6-13(7-11(2)18-10)15(19-17)9-12-4-3-5-14(16)8-12/h3-8,15,19H,9,17H2,1-2H3. The van der Waals surface area contributed by atoms with Gasteiger partial charge in [-0.25, -0.2) is 4.39 Å². The average molecular weight is 259 g/mol. The fourth-order valence-corrected chi connectivity index (χ4v) is 2.24. The number of hydrazine groups is 1. The van der Waals surface area contributed by atoms with E-state index in [1.54, 1.807) is 6.07 Å². The van der Waals surface area contributed by atoms with E-state index < -0.39 is 0 Å². The molecule has 0 amide bonds. The molecule has 0 radical (unpaired) electrons. The van der Waals surface area contributed by atoms with Crippen LogP contribution in [-0.2, 0) is 6.42 Å². The van der Waals surface area contributed by atoms with Gasteiger partial charge in [0.25, 0.3) is 0 Å². The molecule has 0 aliphatic carbocycles. The van der Waals surface area contributed by atoms with Gasteiger partial charge in [-0.2, -0.15) is 0 Å². The molecular formula is C15H18FN3. The average Bonchev–Trinajstić information content (AvgIpc) is 2.34. The molecule has 1 aromatic heterocycles. The molecule has 1 aromatic carbocycles.